The number of aromatic nitrogens is 4. The molecule has 0 aliphatic rings. The minimum atomic E-state index is -4.08. The van der Waals surface area contributed by atoms with Gasteiger partial charge in [-0.05, 0) is 56.3 Å². The number of nitrogens with zero attached hydrogens (tertiary/aromatic N) is 4. The van der Waals surface area contributed by atoms with E-state index < -0.39 is 15.8 Å². The van der Waals surface area contributed by atoms with Crippen LogP contribution in [0.5, 0.6) is 17.4 Å². The minimum Gasteiger partial charge on any atom is -0.495 e. The number of halogens is 1. The predicted molar refractivity (Wildman–Crippen MR) is 119 cm³/mol. The smallest absolute Gasteiger partial charge is 0.265 e. The molecule has 4 aromatic rings. The molecule has 0 fully saturated rings. The quantitative estimate of drug-likeness (QED) is 0.435. The third kappa shape index (κ3) is 4.93. The molecule has 1 N–H and O–H groups in total. The second-order valence-corrected chi connectivity index (χ2v) is 8.63. The third-order valence-electron chi connectivity index (χ3n) is 4.62. The lowest BCUT2D eigenvalue weighted by Gasteiger charge is -2.12. The Morgan fingerprint density at radius 3 is 2.45 bits per heavy atom. The van der Waals surface area contributed by atoms with Crippen LogP contribution in [-0.2, 0) is 10.0 Å². The van der Waals surface area contributed by atoms with Crippen molar-refractivity contribution in [3.63, 3.8) is 0 Å². The van der Waals surface area contributed by atoms with Gasteiger partial charge in [-0.2, -0.15) is 4.98 Å². The van der Waals surface area contributed by atoms with E-state index in [1.807, 2.05) is 6.92 Å². The molecule has 9 nitrogen and oxygen atoms in total. The lowest BCUT2D eigenvalue weighted by Crippen LogP contribution is -2.14. The molecule has 0 aliphatic heterocycles. The Hall–Kier alpha value is -3.99. The molecule has 0 atom stereocenters. The largest absolute Gasteiger partial charge is 0.495 e. The van der Waals surface area contributed by atoms with Crippen LogP contribution in [0.1, 0.15) is 11.6 Å². The molecule has 33 heavy (non-hydrogen) atoms. The summed E-state index contributed by atoms with van der Waals surface area (Å²) in [5.41, 5.74) is 0.266. The Kier molecular flexibility index (Phi) is 5.97. The average Bonchev–Trinajstić information content (AvgIpc) is 3.20. The minimum absolute atomic E-state index is 0.0342. The van der Waals surface area contributed by atoms with Crippen molar-refractivity contribution in [3.8, 4) is 23.2 Å². The molecule has 2 aromatic heterocycles. The molecule has 0 saturated carbocycles. The van der Waals surface area contributed by atoms with Crippen LogP contribution in [0.4, 0.5) is 10.1 Å². The van der Waals surface area contributed by atoms with Crippen molar-refractivity contribution in [2.24, 2.45) is 0 Å². The molecule has 4 rings (SSSR count). The maximum Gasteiger partial charge on any atom is 0.265 e. The van der Waals surface area contributed by atoms with Gasteiger partial charge in [-0.15, -0.1) is 0 Å². The molecule has 0 spiro atoms. The Morgan fingerprint density at radius 2 is 1.79 bits per heavy atom. The summed E-state index contributed by atoms with van der Waals surface area (Å²) in [6, 6.07) is 11.2. The zero-order valence-electron chi connectivity index (χ0n) is 18.0. The van der Waals surface area contributed by atoms with Gasteiger partial charge in [-0.3, -0.25) is 9.29 Å². The van der Waals surface area contributed by atoms with E-state index in [1.165, 1.54) is 25.3 Å². The number of aryl methyl sites for hydroxylation is 2. The number of hydrogen-bond acceptors (Lipinski definition) is 7. The Morgan fingerprint density at radius 1 is 1.03 bits per heavy atom. The van der Waals surface area contributed by atoms with Gasteiger partial charge in [-0.25, -0.2) is 22.8 Å². The first-order valence-corrected chi connectivity index (χ1v) is 11.2. The molecule has 11 heteroatoms. The summed E-state index contributed by atoms with van der Waals surface area (Å²) >= 11 is 0. The highest BCUT2D eigenvalue weighted by Gasteiger charge is 2.20. The van der Waals surface area contributed by atoms with E-state index in [9.17, 15) is 12.8 Å². The summed E-state index contributed by atoms with van der Waals surface area (Å²) in [4.78, 5) is 12.6. The molecule has 0 amide bonds. The van der Waals surface area contributed by atoms with Crippen LogP contribution in [-0.4, -0.2) is 35.0 Å². The fraction of sp³-hybridized carbons (Fsp3) is 0.136. The summed E-state index contributed by atoms with van der Waals surface area (Å²) in [6.45, 7) is 3.61. The molecule has 0 bridgehead atoms. The van der Waals surface area contributed by atoms with Gasteiger partial charge in [0.05, 0.1) is 7.11 Å². The second kappa shape index (κ2) is 8.87. The maximum atomic E-state index is 13.6. The molecule has 0 aliphatic carbocycles. The van der Waals surface area contributed by atoms with Crippen LogP contribution >= 0.6 is 0 Å². The Bertz CT molecular complexity index is 1400. The Balaban J connectivity index is 1.53. The number of nitrogens with one attached hydrogen (secondary N) is 1. The highest BCUT2D eigenvalue weighted by molar-refractivity contribution is 7.92. The lowest BCUT2D eigenvalue weighted by molar-refractivity contribution is 0.401. The monoisotopic (exact) mass is 469 g/mol. The zero-order chi connectivity index (χ0) is 23.6. The van der Waals surface area contributed by atoms with E-state index in [1.54, 1.807) is 42.1 Å². The first-order chi connectivity index (χ1) is 15.7. The van der Waals surface area contributed by atoms with Crippen LogP contribution in [0.2, 0.25) is 0 Å². The fourth-order valence-electron chi connectivity index (χ4n) is 3.10. The normalized spacial score (nSPS) is 11.3. The number of methoxy groups -OCH3 is 1. The number of ether oxygens (including phenoxy) is 2. The van der Waals surface area contributed by atoms with Gasteiger partial charge in [0, 0.05) is 24.1 Å². The highest BCUT2D eigenvalue weighted by atomic mass is 32.2. The summed E-state index contributed by atoms with van der Waals surface area (Å²) in [7, 11) is -2.76. The molecular formula is C22H20FN5O4S. The van der Waals surface area contributed by atoms with Crippen molar-refractivity contribution in [1.82, 2.24) is 19.5 Å². The van der Waals surface area contributed by atoms with Gasteiger partial charge in [0.25, 0.3) is 10.0 Å². The van der Waals surface area contributed by atoms with Crippen molar-refractivity contribution >= 4 is 15.7 Å². The molecule has 170 valence electrons. The molecular weight excluding hydrogens is 449 g/mol. The van der Waals surface area contributed by atoms with E-state index >= 15 is 0 Å². The Labute approximate surface area is 189 Å². The number of sulfonamides is 1. The van der Waals surface area contributed by atoms with Crippen molar-refractivity contribution in [3.05, 3.63) is 78.4 Å². The topological polar surface area (TPSA) is 108 Å². The van der Waals surface area contributed by atoms with Gasteiger partial charge in [0.2, 0.25) is 5.88 Å². The van der Waals surface area contributed by atoms with Crippen LogP contribution in [0, 0.1) is 19.7 Å². The number of benzene rings is 2. The zero-order valence-corrected chi connectivity index (χ0v) is 18.8. The van der Waals surface area contributed by atoms with Crippen molar-refractivity contribution in [2.75, 3.05) is 11.8 Å². The van der Waals surface area contributed by atoms with Crippen molar-refractivity contribution in [2.45, 2.75) is 18.7 Å². The van der Waals surface area contributed by atoms with Crippen LogP contribution < -0.4 is 14.2 Å². The maximum absolute atomic E-state index is 13.6. The average molecular weight is 469 g/mol. The molecule has 2 aromatic carbocycles. The first kappa shape index (κ1) is 22.2. The van der Waals surface area contributed by atoms with E-state index in [4.69, 9.17) is 9.47 Å². The molecule has 0 saturated heterocycles. The second-order valence-electron chi connectivity index (χ2n) is 6.98. The van der Waals surface area contributed by atoms with E-state index in [0.717, 1.165) is 18.0 Å². The van der Waals surface area contributed by atoms with E-state index in [-0.39, 0.29) is 16.3 Å². The van der Waals surface area contributed by atoms with E-state index in [2.05, 4.69) is 19.7 Å². The summed E-state index contributed by atoms with van der Waals surface area (Å²) < 4.78 is 54.1. The SMILES string of the molecule is COc1ccc(F)cc1S(=O)(=O)Nc1ccc(Oc2cc(-n3ccnc3C)nc(C)n2)cc1. The summed E-state index contributed by atoms with van der Waals surface area (Å²) in [6.07, 6.45) is 3.46. The van der Waals surface area contributed by atoms with Crippen molar-refractivity contribution in [1.29, 1.82) is 0 Å². The number of anilines is 1. The van der Waals surface area contributed by atoms with Gasteiger partial charge in [0.1, 0.15) is 39.7 Å². The predicted octanol–water partition coefficient (Wildman–Crippen LogP) is 4.02. The van der Waals surface area contributed by atoms with Crippen LogP contribution in [0.15, 0.2) is 65.8 Å². The summed E-state index contributed by atoms with van der Waals surface area (Å²) in [5, 5.41) is 0. The first-order valence-electron chi connectivity index (χ1n) is 9.75. The molecule has 0 unspecified atom stereocenters. The van der Waals surface area contributed by atoms with Crippen molar-refractivity contribution < 1.29 is 22.3 Å². The van der Waals surface area contributed by atoms with Crippen LogP contribution in [0.3, 0.4) is 0 Å². The number of hydrogen-bond donors (Lipinski definition) is 1. The third-order valence-corrected chi connectivity index (χ3v) is 6.02. The van der Waals surface area contributed by atoms with Gasteiger partial charge < -0.3 is 9.47 Å². The number of rotatable bonds is 7. The van der Waals surface area contributed by atoms with E-state index in [0.29, 0.717) is 23.3 Å². The highest BCUT2D eigenvalue weighted by Crippen LogP contribution is 2.28. The fourth-order valence-corrected chi connectivity index (χ4v) is 4.34. The number of imidazole rings is 1. The molecule has 2 heterocycles. The molecule has 0 radical (unpaired) electrons. The van der Waals surface area contributed by atoms with Crippen LogP contribution in [0.25, 0.3) is 5.82 Å². The van der Waals surface area contributed by atoms with Gasteiger partial charge in [0.15, 0.2) is 0 Å². The lowest BCUT2D eigenvalue weighted by atomic mass is 10.3. The standard InChI is InChI=1S/C22H20FN5O4S/c1-14-25-21(28-11-10-24-15(28)2)13-22(26-14)32-18-7-5-17(6-8-18)27-33(29,30)20-12-16(23)4-9-19(20)31-3/h4-13,27H,1-3H3. The van der Waals surface area contributed by atoms with Gasteiger partial charge in [-0.1, -0.05) is 0 Å². The summed E-state index contributed by atoms with van der Waals surface area (Å²) in [5.74, 6) is 2.00. The van der Waals surface area contributed by atoms with Gasteiger partial charge >= 0.3 is 0 Å².